The highest BCUT2D eigenvalue weighted by Gasteiger charge is 2.30. The fourth-order valence-corrected chi connectivity index (χ4v) is 2.04. The van der Waals surface area contributed by atoms with Gasteiger partial charge in [-0.2, -0.15) is 0 Å². The molecule has 0 spiro atoms. The zero-order valence-corrected chi connectivity index (χ0v) is 9.81. The second kappa shape index (κ2) is 4.71. The molecule has 1 unspecified atom stereocenters. The van der Waals surface area contributed by atoms with Crippen LogP contribution in [0.4, 0.5) is 11.4 Å². The van der Waals surface area contributed by atoms with Crippen molar-refractivity contribution in [3.8, 4) is 0 Å². The van der Waals surface area contributed by atoms with Crippen LogP contribution in [0.25, 0.3) is 0 Å². The van der Waals surface area contributed by atoms with E-state index >= 15 is 0 Å². The minimum absolute atomic E-state index is 0.106. The van der Waals surface area contributed by atoms with E-state index in [2.05, 4.69) is 5.32 Å². The highest BCUT2D eigenvalue weighted by molar-refractivity contribution is 5.61. The van der Waals surface area contributed by atoms with E-state index in [1.54, 1.807) is 18.2 Å². The quantitative estimate of drug-likeness (QED) is 0.644. The molecule has 1 aliphatic rings. The molecule has 1 aliphatic heterocycles. The summed E-state index contributed by atoms with van der Waals surface area (Å²) in [5.41, 5.74) is 0.451. The normalized spacial score (nSPS) is 23.6. The van der Waals surface area contributed by atoms with Crippen LogP contribution in [0.5, 0.6) is 0 Å². The summed E-state index contributed by atoms with van der Waals surface area (Å²) in [7, 11) is 0. The number of nitro benzene ring substituents is 1. The summed E-state index contributed by atoms with van der Waals surface area (Å²) in [5.74, 6) is 0. The fourth-order valence-electron chi connectivity index (χ4n) is 2.04. The monoisotopic (exact) mass is 236 g/mol. The zero-order valence-electron chi connectivity index (χ0n) is 9.81. The average molecular weight is 236 g/mol. The molecule has 0 amide bonds. The van der Waals surface area contributed by atoms with Gasteiger partial charge in [-0.25, -0.2) is 0 Å². The Hall–Kier alpha value is -1.62. The molecule has 0 aliphatic carbocycles. The van der Waals surface area contributed by atoms with E-state index in [1.165, 1.54) is 6.07 Å². The third-order valence-electron chi connectivity index (χ3n) is 3.05. The topological polar surface area (TPSA) is 64.4 Å². The lowest BCUT2D eigenvalue weighted by Crippen LogP contribution is -2.32. The first-order valence-electron chi connectivity index (χ1n) is 5.72. The fraction of sp³-hybridized carbons (Fsp3) is 0.500. The van der Waals surface area contributed by atoms with Crippen molar-refractivity contribution in [2.45, 2.75) is 25.4 Å². The first-order chi connectivity index (χ1) is 8.11. The largest absolute Gasteiger partial charge is 0.377 e. The number of rotatable bonds is 4. The van der Waals surface area contributed by atoms with Crippen LogP contribution in [-0.4, -0.2) is 23.7 Å². The smallest absolute Gasteiger partial charge is 0.292 e. The Balaban J connectivity index is 2.06. The van der Waals surface area contributed by atoms with Gasteiger partial charge in [0.05, 0.1) is 10.5 Å². The number of ether oxygens (including phenoxy) is 1. The maximum absolute atomic E-state index is 10.8. The second-order valence-corrected chi connectivity index (χ2v) is 4.53. The molecule has 1 atom stereocenters. The van der Waals surface area contributed by atoms with Crippen LogP contribution in [0, 0.1) is 10.1 Å². The lowest BCUT2D eigenvalue weighted by Gasteiger charge is -2.23. The number of hydrogen-bond donors (Lipinski definition) is 1. The summed E-state index contributed by atoms with van der Waals surface area (Å²) in [6.45, 7) is 3.40. The maximum Gasteiger partial charge on any atom is 0.292 e. The van der Waals surface area contributed by atoms with Crippen LogP contribution in [0.1, 0.15) is 19.8 Å². The van der Waals surface area contributed by atoms with Crippen molar-refractivity contribution < 1.29 is 9.66 Å². The molecule has 0 aromatic heterocycles. The molecular weight excluding hydrogens is 220 g/mol. The maximum atomic E-state index is 10.8. The third kappa shape index (κ3) is 2.74. The average Bonchev–Trinajstić information content (AvgIpc) is 2.74. The van der Waals surface area contributed by atoms with E-state index in [1.807, 2.05) is 6.92 Å². The molecule has 0 bridgehead atoms. The number of para-hydroxylation sites is 2. The highest BCUT2D eigenvalue weighted by atomic mass is 16.6. The molecule has 5 nitrogen and oxygen atoms in total. The van der Waals surface area contributed by atoms with Crippen molar-refractivity contribution in [1.82, 2.24) is 0 Å². The zero-order chi connectivity index (χ0) is 12.3. The van der Waals surface area contributed by atoms with Crippen molar-refractivity contribution in [2.75, 3.05) is 18.5 Å². The van der Waals surface area contributed by atoms with Crippen molar-refractivity contribution in [2.24, 2.45) is 0 Å². The van der Waals surface area contributed by atoms with Crippen molar-refractivity contribution in [3.63, 3.8) is 0 Å². The van der Waals surface area contributed by atoms with Gasteiger partial charge in [0, 0.05) is 19.2 Å². The van der Waals surface area contributed by atoms with Crippen LogP contribution in [0.3, 0.4) is 0 Å². The summed E-state index contributed by atoms with van der Waals surface area (Å²) < 4.78 is 5.63. The van der Waals surface area contributed by atoms with Gasteiger partial charge in [0.15, 0.2) is 0 Å². The van der Waals surface area contributed by atoms with Gasteiger partial charge in [0.25, 0.3) is 5.69 Å². The predicted octanol–water partition coefficient (Wildman–Crippen LogP) is 2.58. The third-order valence-corrected chi connectivity index (χ3v) is 3.05. The molecule has 1 N–H and O–H groups in total. The number of nitrogens with one attached hydrogen (secondary N) is 1. The van der Waals surface area contributed by atoms with E-state index in [4.69, 9.17) is 4.74 Å². The molecule has 0 saturated carbocycles. The van der Waals surface area contributed by atoms with E-state index in [0.717, 1.165) is 19.4 Å². The summed E-state index contributed by atoms with van der Waals surface area (Å²) in [6.07, 6.45) is 2.04. The SMILES string of the molecule is CC1(CNc2ccccc2[N+](=O)[O-])CCCO1. The Labute approximate surface area is 99.9 Å². The molecular formula is C12H16N2O3. The molecule has 17 heavy (non-hydrogen) atoms. The molecule has 1 fully saturated rings. The van der Waals surface area contributed by atoms with E-state index < -0.39 is 0 Å². The standard InChI is InChI=1S/C12H16N2O3/c1-12(7-4-8-17-12)9-13-10-5-2-3-6-11(10)14(15)16/h2-3,5-6,13H,4,7-9H2,1H3. The number of nitrogens with zero attached hydrogens (tertiary/aromatic N) is 1. The number of hydrogen-bond acceptors (Lipinski definition) is 4. The Morgan fingerprint density at radius 2 is 2.29 bits per heavy atom. The van der Waals surface area contributed by atoms with E-state index in [-0.39, 0.29) is 16.2 Å². The summed E-state index contributed by atoms with van der Waals surface area (Å²) in [5, 5.41) is 13.9. The number of benzene rings is 1. The van der Waals surface area contributed by atoms with Gasteiger partial charge in [-0.05, 0) is 25.8 Å². The first kappa shape index (κ1) is 11.9. The molecule has 1 aromatic carbocycles. The molecule has 1 heterocycles. The van der Waals surface area contributed by atoms with Gasteiger partial charge in [0.2, 0.25) is 0 Å². The van der Waals surface area contributed by atoms with Gasteiger partial charge >= 0.3 is 0 Å². The molecule has 0 radical (unpaired) electrons. The van der Waals surface area contributed by atoms with Gasteiger partial charge in [-0.15, -0.1) is 0 Å². The minimum atomic E-state index is -0.375. The predicted molar refractivity (Wildman–Crippen MR) is 65.2 cm³/mol. The Kier molecular flexibility index (Phi) is 3.28. The Morgan fingerprint density at radius 1 is 1.53 bits per heavy atom. The summed E-state index contributed by atoms with van der Waals surface area (Å²) in [6, 6.07) is 6.67. The Bertz CT molecular complexity index is 414. The van der Waals surface area contributed by atoms with Gasteiger partial charge in [0.1, 0.15) is 5.69 Å². The number of anilines is 1. The summed E-state index contributed by atoms with van der Waals surface area (Å²) in [4.78, 5) is 10.5. The summed E-state index contributed by atoms with van der Waals surface area (Å²) >= 11 is 0. The Morgan fingerprint density at radius 3 is 2.94 bits per heavy atom. The van der Waals surface area contributed by atoms with Gasteiger partial charge in [-0.1, -0.05) is 12.1 Å². The van der Waals surface area contributed by atoms with Crippen LogP contribution in [0.15, 0.2) is 24.3 Å². The van der Waals surface area contributed by atoms with Crippen molar-refractivity contribution in [1.29, 1.82) is 0 Å². The van der Waals surface area contributed by atoms with Crippen LogP contribution < -0.4 is 5.32 Å². The van der Waals surface area contributed by atoms with Crippen molar-refractivity contribution in [3.05, 3.63) is 34.4 Å². The van der Waals surface area contributed by atoms with Gasteiger partial charge in [-0.3, -0.25) is 10.1 Å². The van der Waals surface area contributed by atoms with Gasteiger partial charge < -0.3 is 10.1 Å². The molecule has 5 heteroatoms. The highest BCUT2D eigenvalue weighted by Crippen LogP contribution is 2.28. The van der Waals surface area contributed by atoms with E-state index in [0.29, 0.717) is 12.2 Å². The lowest BCUT2D eigenvalue weighted by atomic mass is 10.0. The second-order valence-electron chi connectivity index (χ2n) is 4.53. The van der Waals surface area contributed by atoms with Crippen LogP contribution >= 0.6 is 0 Å². The molecule has 2 rings (SSSR count). The lowest BCUT2D eigenvalue weighted by molar-refractivity contribution is -0.384. The minimum Gasteiger partial charge on any atom is -0.377 e. The number of nitro groups is 1. The molecule has 92 valence electrons. The van der Waals surface area contributed by atoms with Crippen LogP contribution in [0.2, 0.25) is 0 Å². The van der Waals surface area contributed by atoms with Crippen molar-refractivity contribution >= 4 is 11.4 Å². The molecule has 1 saturated heterocycles. The van der Waals surface area contributed by atoms with E-state index in [9.17, 15) is 10.1 Å². The first-order valence-corrected chi connectivity index (χ1v) is 5.72. The van der Waals surface area contributed by atoms with Crippen LogP contribution in [-0.2, 0) is 4.74 Å². The molecule has 1 aromatic rings.